The number of amides is 1. The lowest BCUT2D eigenvalue weighted by molar-refractivity contribution is 0.0944. The molecule has 7 heteroatoms. The number of aromatic nitrogens is 2. The number of ether oxygens (including phenoxy) is 1. The van der Waals surface area contributed by atoms with Crippen molar-refractivity contribution in [2.75, 3.05) is 20.2 Å². The Kier molecular flexibility index (Phi) is 7.49. The Hall–Kier alpha value is -2.83. The van der Waals surface area contributed by atoms with Crippen LogP contribution in [-0.2, 0) is 6.54 Å². The fourth-order valence-electron chi connectivity index (χ4n) is 3.59. The Morgan fingerprint density at radius 1 is 1.13 bits per heavy atom. The van der Waals surface area contributed by atoms with Crippen LogP contribution in [-0.4, -0.2) is 35.9 Å². The first kappa shape index (κ1) is 21.9. The molecule has 0 spiro atoms. The summed E-state index contributed by atoms with van der Waals surface area (Å²) in [6.07, 6.45) is 4.13. The molecule has 6 nitrogen and oxygen atoms in total. The van der Waals surface area contributed by atoms with Crippen molar-refractivity contribution in [3.05, 3.63) is 72.1 Å². The van der Waals surface area contributed by atoms with Gasteiger partial charge in [-0.1, -0.05) is 36.4 Å². The highest BCUT2D eigenvalue weighted by atomic mass is 35.5. The van der Waals surface area contributed by atoms with Crippen LogP contribution in [0.15, 0.2) is 60.8 Å². The number of carbonyl (C=O) groups excluding carboxylic acids is 1. The molecule has 0 saturated carbocycles. The number of halogens is 1. The quantitative estimate of drug-likeness (QED) is 0.628. The van der Waals surface area contributed by atoms with Crippen molar-refractivity contribution >= 4 is 18.3 Å². The van der Waals surface area contributed by atoms with Crippen LogP contribution in [0.5, 0.6) is 5.75 Å². The van der Waals surface area contributed by atoms with Crippen LogP contribution in [0, 0.1) is 0 Å². The number of piperidine rings is 1. The average Bonchev–Trinajstić information content (AvgIpc) is 3.29. The third-order valence-corrected chi connectivity index (χ3v) is 5.32. The summed E-state index contributed by atoms with van der Waals surface area (Å²) >= 11 is 0. The number of nitrogens with zero attached hydrogens (tertiary/aromatic N) is 2. The van der Waals surface area contributed by atoms with Crippen molar-refractivity contribution in [2.45, 2.75) is 25.4 Å². The van der Waals surface area contributed by atoms with Gasteiger partial charge < -0.3 is 15.4 Å². The molecule has 1 unspecified atom stereocenters. The van der Waals surface area contributed by atoms with E-state index in [2.05, 4.69) is 27.9 Å². The first-order chi connectivity index (χ1) is 14.2. The van der Waals surface area contributed by atoms with Crippen LogP contribution in [0.3, 0.4) is 0 Å². The van der Waals surface area contributed by atoms with Crippen molar-refractivity contribution in [1.29, 1.82) is 0 Å². The fourth-order valence-corrected chi connectivity index (χ4v) is 3.59. The molecular formula is C23H27ClN4O2. The molecule has 1 fully saturated rings. The molecular weight excluding hydrogens is 400 g/mol. The van der Waals surface area contributed by atoms with Crippen LogP contribution < -0.4 is 15.4 Å². The number of benzene rings is 2. The molecule has 0 bridgehead atoms. The molecule has 1 aliphatic heterocycles. The number of hydrogen-bond acceptors (Lipinski definition) is 4. The lowest BCUT2D eigenvalue weighted by Gasteiger charge is -2.22. The first-order valence-electron chi connectivity index (χ1n) is 10.0. The lowest BCUT2D eigenvalue weighted by Crippen LogP contribution is -2.32. The van der Waals surface area contributed by atoms with E-state index in [0.717, 1.165) is 48.4 Å². The molecule has 2 heterocycles. The number of methoxy groups -OCH3 is 1. The van der Waals surface area contributed by atoms with Crippen LogP contribution in [0.2, 0.25) is 0 Å². The van der Waals surface area contributed by atoms with Gasteiger partial charge in [0.25, 0.3) is 5.91 Å². The number of hydrogen-bond donors (Lipinski definition) is 2. The second-order valence-corrected chi connectivity index (χ2v) is 7.29. The zero-order valence-corrected chi connectivity index (χ0v) is 17.8. The second kappa shape index (κ2) is 10.3. The second-order valence-electron chi connectivity index (χ2n) is 7.29. The summed E-state index contributed by atoms with van der Waals surface area (Å²) in [4.78, 5) is 12.4. The Morgan fingerprint density at radius 3 is 2.47 bits per heavy atom. The number of carbonyl (C=O) groups is 1. The minimum atomic E-state index is -0.147. The summed E-state index contributed by atoms with van der Waals surface area (Å²) in [5.41, 5.74) is 3.77. The summed E-state index contributed by atoms with van der Waals surface area (Å²) in [7, 11) is 1.66. The normalized spacial score (nSPS) is 15.8. The zero-order chi connectivity index (χ0) is 20.1. The van der Waals surface area contributed by atoms with Gasteiger partial charge in [0.05, 0.1) is 13.2 Å². The van der Waals surface area contributed by atoms with Crippen molar-refractivity contribution in [1.82, 2.24) is 20.4 Å². The molecule has 3 aromatic rings. The van der Waals surface area contributed by atoms with Gasteiger partial charge in [0.1, 0.15) is 11.4 Å². The molecule has 4 rings (SSSR count). The Morgan fingerprint density at radius 2 is 1.83 bits per heavy atom. The predicted molar refractivity (Wildman–Crippen MR) is 120 cm³/mol. The van der Waals surface area contributed by atoms with Gasteiger partial charge in [-0.3, -0.25) is 9.48 Å². The highest BCUT2D eigenvalue weighted by Crippen LogP contribution is 2.22. The van der Waals surface area contributed by atoms with E-state index in [9.17, 15) is 4.79 Å². The van der Waals surface area contributed by atoms with Gasteiger partial charge in [-0.2, -0.15) is 5.10 Å². The van der Waals surface area contributed by atoms with Crippen molar-refractivity contribution in [3.8, 4) is 16.9 Å². The SMILES string of the molecule is COc1ccc(-c2ccc(CNC(=O)c3ccn(C4CCCNC4)n3)cc2)cc1.Cl. The van der Waals surface area contributed by atoms with E-state index in [-0.39, 0.29) is 18.3 Å². The van der Waals surface area contributed by atoms with E-state index >= 15 is 0 Å². The molecule has 0 radical (unpaired) electrons. The highest BCUT2D eigenvalue weighted by Gasteiger charge is 2.17. The molecule has 1 atom stereocenters. The average molecular weight is 427 g/mol. The lowest BCUT2D eigenvalue weighted by atomic mass is 10.0. The van der Waals surface area contributed by atoms with Crippen LogP contribution in [0.25, 0.3) is 11.1 Å². The van der Waals surface area contributed by atoms with Gasteiger partial charge in [0.2, 0.25) is 0 Å². The minimum absolute atomic E-state index is 0. The molecule has 2 aromatic carbocycles. The third-order valence-electron chi connectivity index (χ3n) is 5.32. The van der Waals surface area contributed by atoms with Gasteiger partial charge in [-0.25, -0.2) is 0 Å². The molecule has 158 valence electrons. The molecule has 0 aliphatic carbocycles. The van der Waals surface area contributed by atoms with E-state index in [0.29, 0.717) is 18.3 Å². The maximum absolute atomic E-state index is 12.4. The maximum atomic E-state index is 12.4. The molecule has 1 aliphatic rings. The first-order valence-corrected chi connectivity index (χ1v) is 10.0. The molecule has 1 aromatic heterocycles. The molecule has 2 N–H and O–H groups in total. The number of nitrogens with one attached hydrogen (secondary N) is 2. The molecule has 1 amide bonds. The Labute approximate surface area is 183 Å². The smallest absolute Gasteiger partial charge is 0.272 e. The molecule has 1 saturated heterocycles. The van der Waals surface area contributed by atoms with E-state index in [1.54, 1.807) is 13.2 Å². The Balaban J connectivity index is 0.00000256. The van der Waals surface area contributed by atoms with Crippen LogP contribution in [0.1, 0.15) is 34.9 Å². The van der Waals surface area contributed by atoms with Crippen molar-refractivity contribution < 1.29 is 9.53 Å². The maximum Gasteiger partial charge on any atom is 0.272 e. The fraction of sp³-hybridized carbons (Fsp3) is 0.304. The minimum Gasteiger partial charge on any atom is -0.497 e. The van der Waals surface area contributed by atoms with E-state index in [1.165, 1.54) is 0 Å². The summed E-state index contributed by atoms with van der Waals surface area (Å²) < 4.78 is 7.11. The standard InChI is InChI=1S/C23H26N4O2.ClH/c1-29-21-10-8-19(9-11-21)18-6-4-17(5-7-18)15-25-23(28)22-12-14-27(26-22)20-3-2-13-24-16-20;/h4-12,14,20,24H,2-3,13,15-16H2,1H3,(H,25,28);1H. The predicted octanol–water partition coefficient (Wildman–Crippen LogP) is 3.84. The summed E-state index contributed by atoms with van der Waals surface area (Å²) in [5, 5.41) is 10.8. The Bertz CT molecular complexity index is 948. The van der Waals surface area contributed by atoms with Crippen molar-refractivity contribution in [3.63, 3.8) is 0 Å². The van der Waals surface area contributed by atoms with Crippen molar-refractivity contribution in [2.24, 2.45) is 0 Å². The van der Waals surface area contributed by atoms with Crippen LogP contribution in [0.4, 0.5) is 0 Å². The van der Waals surface area contributed by atoms with Gasteiger partial charge in [-0.05, 0) is 54.3 Å². The molecule has 30 heavy (non-hydrogen) atoms. The van der Waals surface area contributed by atoms with E-state index < -0.39 is 0 Å². The topological polar surface area (TPSA) is 68.2 Å². The number of rotatable bonds is 6. The zero-order valence-electron chi connectivity index (χ0n) is 17.0. The van der Waals surface area contributed by atoms with Gasteiger partial charge in [0.15, 0.2) is 0 Å². The summed E-state index contributed by atoms with van der Waals surface area (Å²) in [5.74, 6) is 0.696. The summed E-state index contributed by atoms with van der Waals surface area (Å²) in [6, 6.07) is 18.3. The summed E-state index contributed by atoms with van der Waals surface area (Å²) in [6.45, 7) is 2.44. The third kappa shape index (κ3) is 5.20. The monoisotopic (exact) mass is 426 g/mol. The van der Waals surface area contributed by atoms with E-state index in [4.69, 9.17) is 4.74 Å². The van der Waals surface area contributed by atoms with Gasteiger partial charge in [-0.15, -0.1) is 12.4 Å². The largest absolute Gasteiger partial charge is 0.497 e. The van der Waals surface area contributed by atoms with Gasteiger partial charge in [0, 0.05) is 19.3 Å². The van der Waals surface area contributed by atoms with E-state index in [1.807, 2.05) is 47.3 Å². The highest BCUT2D eigenvalue weighted by molar-refractivity contribution is 5.92. The van der Waals surface area contributed by atoms with Gasteiger partial charge >= 0.3 is 0 Å². The van der Waals surface area contributed by atoms with Crippen LogP contribution >= 0.6 is 12.4 Å².